The summed E-state index contributed by atoms with van der Waals surface area (Å²) in [5, 5.41) is 8.11. The largest absolute Gasteiger partial charge is 0.365 e. The maximum atomic E-state index is 13.5. The molecule has 0 saturated carbocycles. The van der Waals surface area contributed by atoms with Gasteiger partial charge in [0.1, 0.15) is 12.1 Å². The molecule has 3 aromatic heterocycles. The fourth-order valence-electron chi connectivity index (χ4n) is 2.48. The van der Waals surface area contributed by atoms with Crippen molar-refractivity contribution in [2.24, 2.45) is 0 Å². The highest BCUT2D eigenvalue weighted by atomic mass is 19.2. The number of hydrogen-bond donors (Lipinski definition) is 1. The van der Waals surface area contributed by atoms with Crippen LogP contribution in [0, 0.1) is 11.6 Å². The summed E-state index contributed by atoms with van der Waals surface area (Å²) >= 11 is 0. The Morgan fingerprint density at radius 3 is 2.76 bits per heavy atom. The molecule has 124 valence electrons. The number of nitrogens with one attached hydrogen (secondary N) is 1. The number of pyridine rings is 1. The van der Waals surface area contributed by atoms with Gasteiger partial charge in [-0.1, -0.05) is 6.07 Å². The third-order valence-electron chi connectivity index (χ3n) is 3.70. The average molecular weight is 338 g/mol. The first-order valence-corrected chi connectivity index (χ1v) is 7.49. The first-order valence-electron chi connectivity index (χ1n) is 7.49. The number of anilines is 1. The lowest BCUT2D eigenvalue weighted by Gasteiger charge is -2.07. The second-order valence-corrected chi connectivity index (χ2v) is 5.33. The Morgan fingerprint density at radius 1 is 1.04 bits per heavy atom. The predicted octanol–water partition coefficient (Wildman–Crippen LogP) is 3.10. The average Bonchev–Trinajstić information content (AvgIpc) is 3.08. The van der Waals surface area contributed by atoms with Gasteiger partial charge in [-0.15, -0.1) is 0 Å². The van der Waals surface area contributed by atoms with Crippen molar-refractivity contribution < 1.29 is 8.78 Å². The van der Waals surface area contributed by atoms with E-state index in [-0.39, 0.29) is 0 Å². The number of halogens is 2. The number of aromatic nitrogens is 5. The van der Waals surface area contributed by atoms with Crippen LogP contribution in [0.25, 0.3) is 16.7 Å². The van der Waals surface area contributed by atoms with Gasteiger partial charge >= 0.3 is 0 Å². The Morgan fingerprint density at radius 2 is 1.96 bits per heavy atom. The quantitative estimate of drug-likeness (QED) is 0.619. The number of nitrogens with zero attached hydrogens (tertiary/aromatic N) is 5. The minimum atomic E-state index is -0.940. The molecule has 0 saturated heterocycles. The van der Waals surface area contributed by atoms with Gasteiger partial charge in [0.15, 0.2) is 17.3 Å². The van der Waals surface area contributed by atoms with E-state index in [2.05, 4.69) is 25.4 Å². The van der Waals surface area contributed by atoms with Gasteiger partial charge in [-0.25, -0.2) is 23.4 Å². The van der Waals surface area contributed by atoms with E-state index < -0.39 is 11.6 Å². The van der Waals surface area contributed by atoms with E-state index in [4.69, 9.17) is 0 Å². The Balaban J connectivity index is 1.69. The number of rotatable bonds is 4. The molecule has 0 radical (unpaired) electrons. The van der Waals surface area contributed by atoms with E-state index in [1.165, 1.54) is 17.1 Å². The van der Waals surface area contributed by atoms with Crippen molar-refractivity contribution in [2.75, 3.05) is 5.32 Å². The van der Waals surface area contributed by atoms with Crippen molar-refractivity contribution in [3.8, 4) is 5.69 Å². The molecule has 4 aromatic rings. The Hall–Kier alpha value is -3.42. The Bertz CT molecular complexity index is 1030. The van der Waals surface area contributed by atoms with Gasteiger partial charge in [0.25, 0.3) is 0 Å². The second-order valence-electron chi connectivity index (χ2n) is 5.33. The maximum Gasteiger partial charge on any atom is 0.168 e. The molecule has 0 aliphatic rings. The zero-order chi connectivity index (χ0) is 17.2. The molecule has 6 nitrogen and oxygen atoms in total. The lowest BCUT2D eigenvalue weighted by molar-refractivity contribution is 0.507. The number of benzene rings is 1. The fraction of sp³-hybridized carbons (Fsp3) is 0.0588. The van der Waals surface area contributed by atoms with Crippen LogP contribution in [-0.2, 0) is 6.54 Å². The van der Waals surface area contributed by atoms with Gasteiger partial charge in [0.2, 0.25) is 0 Å². The molecule has 0 fully saturated rings. The van der Waals surface area contributed by atoms with E-state index >= 15 is 0 Å². The van der Waals surface area contributed by atoms with Gasteiger partial charge in [-0.3, -0.25) is 4.98 Å². The summed E-state index contributed by atoms with van der Waals surface area (Å²) in [5.41, 5.74) is 1.88. The van der Waals surface area contributed by atoms with Crippen LogP contribution < -0.4 is 5.32 Å². The standard InChI is InChI=1S/C17H12F2N6/c18-14-4-3-12(6-15(14)19)25-17-13(9-24-25)16(22-10-23-17)21-8-11-2-1-5-20-7-11/h1-7,9-10H,8H2,(H,21,22,23). The summed E-state index contributed by atoms with van der Waals surface area (Å²) in [6, 6.07) is 7.38. The van der Waals surface area contributed by atoms with Gasteiger partial charge in [0, 0.05) is 25.0 Å². The first-order chi connectivity index (χ1) is 12.2. The van der Waals surface area contributed by atoms with Crippen molar-refractivity contribution in [2.45, 2.75) is 6.54 Å². The maximum absolute atomic E-state index is 13.5. The summed E-state index contributed by atoms with van der Waals surface area (Å²) in [7, 11) is 0. The Labute approximate surface area is 141 Å². The molecular formula is C17H12F2N6. The normalized spacial score (nSPS) is 11.0. The van der Waals surface area contributed by atoms with E-state index in [0.29, 0.717) is 29.1 Å². The van der Waals surface area contributed by atoms with Crippen molar-refractivity contribution >= 4 is 16.9 Å². The van der Waals surface area contributed by atoms with E-state index in [9.17, 15) is 8.78 Å². The van der Waals surface area contributed by atoms with Crippen LogP contribution in [0.1, 0.15) is 5.56 Å². The van der Waals surface area contributed by atoms with Crippen LogP contribution in [0.2, 0.25) is 0 Å². The monoisotopic (exact) mass is 338 g/mol. The first kappa shape index (κ1) is 15.1. The van der Waals surface area contributed by atoms with E-state index in [0.717, 1.165) is 17.7 Å². The molecule has 0 aliphatic heterocycles. The van der Waals surface area contributed by atoms with E-state index in [1.54, 1.807) is 18.6 Å². The van der Waals surface area contributed by atoms with Crippen LogP contribution in [0.4, 0.5) is 14.6 Å². The molecular weight excluding hydrogens is 326 g/mol. The molecule has 0 spiro atoms. The molecule has 3 heterocycles. The highest BCUT2D eigenvalue weighted by molar-refractivity contribution is 5.87. The van der Waals surface area contributed by atoms with Crippen molar-refractivity contribution in [1.29, 1.82) is 0 Å². The van der Waals surface area contributed by atoms with Gasteiger partial charge in [0.05, 0.1) is 17.3 Å². The van der Waals surface area contributed by atoms with Crippen LogP contribution in [-0.4, -0.2) is 24.7 Å². The molecule has 0 aliphatic carbocycles. The lowest BCUT2D eigenvalue weighted by Crippen LogP contribution is -2.03. The van der Waals surface area contributed by atoms with Crippen LogP contribution in [0.15, 0.2) is 55.2 Å². The molecule has 0 amide bonds. The van der Waals surface area contributed by atoms with Crippen molar-refractivity contribution in [3.05, 3.63) is 72.4 Å². The molecule has 8 heteroatoms. The number of hydrogen-bond acceptors (Lipinski definition) is 5. The Kier molecular flexibility index (Phi) is 3.77. The molecule has 0 atom stereocenters. The van der Waals surface area contributed by atoms with Gasteiger partial charge in [-0.2, -0.15) is 5.10 Å². The zero-order valence-electron chi connectivity index (χ0n) is 12.9. The molecule has 0 bridgehead atoms. The van der Waals surface area contributed by atoms with Crippen molar-refractivity contribution in [1.82, 2.24) is 24.7 Å². The highest BCUT2D eigenvalue weighted by Gasteiger charge is 2.12. The van der Waals surface area contributed by atoms with Crippen molar-refractivity contribution in [3.63, 3.8) is 0 Å². The van der Waals surface area contributed by atoms with Crippen LogP contribution in [0.3, 0.4) is 0 Å². The zero-order valence-corrected chi connectivity index (χ0v) is 12.9. The fourth-order valence-corrected chi connectivity index (χ4v) is 2.48. The highest BCUT2D eigenvalue weighted by Crippen LogP contribution is 2.22. The molecule has 1 aromatic carbocycles. The molecule has 4 rings (SSSR count). The van der Waals surface area contributed by atoms with Gasteiger partial charge in [-0.05, 0) is 23.8 Å². The lowest BCUT2D eigenvalue weighted by atomic mass is 10.3. The smallest absolute Gasteiger partial charge is 0.168 e. The van der Waals surface area contributed by atoms with E-state index in [1.807, 2.05) is 12.1 Å². The van der Waals surface area contributed by atoms with Crippen LogP contribution in [0.5, 0.6) is 0 Å². The summed E-state index contributed by atoms with van der Waals surface area (Å²) < 4.78 is 28.1. The van der Waals surface area contributed by atoms with Gasteiger partial charge < -0.3 is 5.32 Å². The predicted molar refractivity (Wildman–Crippen MR) is 88.1 cm³/mol. The summed E-state index contributed by atoms with van der Waals surface area (Å²) in [5.74, 6) is -1.25. The summed E-state index contributed by atoms with van der Waals surface area (Å²) in [6.07, 6.45) is 6.45. The van der Waals surface area contributed by atoms with Crippen LogP contribution >= 0.6 is 0 Å². The summed E-state index contributed by atoms with van der Waals surface area (Å²) in [4.78, 5) is 12.5. The minimum absolute atomic E-state index is 0.380. The molecule has 0 unspecified atom stereocenters. The second kappa shape index (κ2) is 6.23. The number of fused-ring (bicyclic) bond motifs is 1. The third kappa shape index (κ3) is 2.89. The minimum Gasteiger partial charge on any atom is -0.365 e. The molecule has 25 heavy (non-hydrogen) atoms. The molecule has 1 N–H and O–H groups in total. The SMILES string of the molecule is Fc1ccc(-n2ncc3c(NCc4cccnc4)ncnc32)cc1F. The third-order valence-corrected chi connectivity index (χ3v) is 3.70. The topological polar surface area (TPSA) is 68.5 Å². The summed E-state index contributed by atoms with van der Waals surface area (Å²) in [6.45, 7) is 0.538.